The first-order chi connectivity index (χ1) is 11.1. The summed E-state index contributed by atoms with van der Waals surface area (Å²) in [5.41, 5.74) is 0.874. The van der Waals surface area contributed by atoms with Crippen LogP contribution in [-0.4, -0.2) is 17.6 Å². The maximum Gasteiger partial charge on any atom is 0.237 e. The van der Waals surface area contributed by atoms with Crippen LogP contribution in [0.4, 0.5) is 0 Å². The third-order valence-corrected chi connectivity index (χ3v) is 4.28. The molecule has 1 aliphatic rings. The van der Waals surface area contributed by atoms with E-state index in [1.807, 2.05) is 12.1 Å². The summed E-state index contributed by atoms with van der Waals surface area (Å²) in [4.78, 5) is 8.83. The quantitative estimate of drug-likeness (QED) is 0.513. The number of nitriles is 1. The number of rotatable bonds is 7. The van der Waals surface area contributed by atoms with Crippen molar-refractivity contribution in [1.29, 1.82) is 5.26 Å². The summed E-state index contributed by atoms with van der Waals surface area (Å²) in [6.45, 7) is 0. The van der Waals surface area contributed by atoms with Crippen molar-refractivity contribution in [3.63, 3.8) is 0 Å². The molecular weight excluding hydrogens is 329 g/mol. The van der Waals surface area contributed by atoms with Crippen molar-refractivity contribution in [3.8, 4) is 18.4 Å². The van der Waals surface area contributed by atoms with Gasteiger partial charge in [-0.25, -0.2) is 9.98 Å². The van der Waals surface area contributed by atoms with Gasteiger partial charge >= 0.3 is 0 Å². The molecule has 1 aromatic rings. The minimum absolute atomic E-state index is 0.604. The number of hydrogen-bond acceptors (Lipinski definition) is 3. The standard InChI is InChI=1S/C18H17Cl2N3/c1-2-3-4-5-10-18(13-21)22-12-16(23-18)9-7-14-6-8-15(19)11-17(14)20/h1,6,8,11-12H,3-5,7,9-10H2. The van der Waals surface area contributed by atoms with E-state index in [2.05, 4.69) is 22.0 Å². The molecule has 1 aliphatic heterocycles. The van der Waals surface area contributed by atoms with Crippen molar-refractivity contribution in [1.82, 2.24) is 0 Å². The highest BCUT2D eigenvalue weighted by atomic mass is 35.5. The molecule has 5 heteroatoms. The van der Waals surface area contributed by atoms with Crippen LogP contribution in [0, 0.1) is 23.7 Å². The van der Waals surface area contributed by atoms with Gasteiger partial charge in [-0.3, -0.25) is 0 Å². The monoisotopic (exact) mass is 345 g/mol. The maximum absolute atomic E-state index is 9.40. The molecule has 118 valence electrons. The lowest BCUT2D eigenvalue weighted by Gasteiger charge is -2.13. The van der Waals surface area contributed by atoms with E-state index in [1.165, 1.54) is 0 Å². The van der Waals surface area contributed by atoms with Crippen molar-refractivity contribution in [2.75, 3.05) is 0 Å². The van der Waals surface area contributed by atoms with E-state index in [-0.39, 0.29) is 0 Å². The topological polar surface area (TPSA) is 48.5 Å². The van der Waals surface area contributed by atoms with Gasteiger partial charge in [-0.1, -0.05) is 29.3 Å². The molecule has 0 aromatic heterocycles. The first-order valence-corrected chi connectivity index (χ1v) is 8.27. The Bertz CT molecular complexity index is 710. The van der Waals surface area contributed by atoms with Crippen LogP contribution in [0.25, 0.3) is 0 Å². The lowest BCUT2D eigenvalue weighted by atomic mass is 10.0. The van der Waals surface area contributed by atoms with Crippen molar-refractivity contribution in [2.45, 2.75) is 44.2 Å². The molecule has 0 saturated carbocycles. The first kappa shape index (κ1) is 17.5. The van der Waals surface area contributed by atoms with E-state index >= 15 is 0 Å². The van der Waals surface area contributed by atoms with Gasteiger partial charge in [-0.15, -0.1) is 12.3 Å². The Hall–Kier alpha value is -1.81. The minimum atomic E-state index is -0.965. The van der Waals surface area contributed by atoms with Gasteiger partial charge in [0.15, 0.2) is 0 Å². The number of terminal acetylenes is 1. The predicted molar refractivity (Wildman–Crippen MR) is 96.4 cm³/mol. The van der Waals surface area contributed by atoms with E-state index in [4.69, 9.17) is 29.6 Å². The highest BCUT2D eigenvalue weighted by molar-refractivity contribution is 6.35. The third-order valence-electron chi connectivity index (χ3n) is 3.70. The van der Waals surface area contributed by atoms with Gasteiger partial charge in [0.05, 0.1) is 5.71 Å². The molecule has 0 saturated heterocycles. The third kappa shape index (κ3) is 4.83. The Labute approximate surface area is 147 Å². The van der Waals surface area contributed by atoms with Crippen LogP contribution in [0.2, 0.25) is 10.0 Å². The average molecular weight is 346 g/mol. The molecule has 23 heavy (non-hydrogen) atoms. The van der Waals surface area contributed by atoms with Crippen LogP contribution < -0.4 is 0 Å². The number of aliphatic imine (C=N–C) groups is 2. The number of unbranched alkanes of at least 4 members (excludes halogenated alkanes) is 2. The molecule has 0 N–H and O–H groups in total. The molecule has 1 heterocycles. The summed E-state index contributed by atoms with van der Waals surface area (Å²) in [5, 5.41) is 10.7. The zero-order valence-electron chi connectivity index (χ0n) is 12.7. The van der Waals surface area contributed by atoms with Gasteiger partial charge in [0.1, 0.15) is 6.07 Å². The van der Waals surface area contributed by atoms with E-state index in [0.717, 1.165) is 37.0 Å². The van der Waals surface area contributed by atoms with Gasteiger partial charge in [-0.2, -0.15) is 5.26 Å². The summed E-state index contributed by atoms with van der Waals surface area (Å²) >= 11 is 12.1. The Kier molecular flexibility index (Phi) is 6.22. The largest absolute Gasteiger partial charge is 0.247 e. The fourth-order valence-electron chi connectivity index (χ4n) is 2.41. The predicted octanol–water partition coefficient (Wildman–Crippen LogP) is 4.86. The molecule has 0 amide bonds. The maximum atomic E-state index is 9.40. The van der Waals surface area contributed by atoms with Crippen molar-refractivity contribution in [3.05, 3.63) is 33.8 Å². The fourth-order valence-corrected chi connectivity index (χ4v) is 2.92. The Morgan fingerprint density at radius 1 is 1.22 bits per heavy atom. The van der Waals surface area contributed by atoms with Gasteiger partial charge in [0, 0.05) is 29.1 Å². The fraction of sp³-hybridized carbons (Fsp3) is 0.389. The Morgan fingerprint density at radius 3 is 2.74 bits per heavy atom. The lowest BCUT2D eigenvalue weighted by molar-refractivity contribution is 0.503. The van der Waals surface area contributed by atoms with Gasteiger partial charge in [-0.05, 0) is 43.4 Å². The summed E-state index contributed by atoms with van der Waals surface area (Å²) < 4.78 is 0. The molecule has 0 fully saturated rings. The average Bonchev–Trinajstić information content (AvgIpc) is 2.95. The molecule has 0 aliphatic carbocycles. The second-order valence-corrected chi connectivity index (χ2v) is 6.28. The van der Waals surface area contributed by atoms with E-state index < -0.39 is 5.66 Å². The van der Waals surface area contributed by atoms with Crippen LogP contribution in [-0.2, 0) is 6.42 Å². The summed E-state index contributed by atoms with van der Waals surface area (Å²) in [7, 11) is 0. The summed E-state index contributed by atoms with van der Waals surface area (Å²) in [5.74, 6) is 2.60. The zero-order valence-corrected chi connectivity index (χ0v) is 14.2. The summed E-state index contributed by atoms with van der Waals surface area (Å²) in [6.07, 6.45) is 11.4. The molecule has 1 unspecified atom stereocenters. The van der Waals surface area contributed by atoms with Crippen LogP contribution in [0.1, 0.15) is 37.7 Å². The summed E-state index contributed by atoms with van der Waals surface area (Å²) in [6, 6.07) is 7.68. The van der Waals surface area contributed by atoms with Crippen molar-refractivity contribution < 1.29 is 0 Å². The molecule has 0 bridgehead atoms. The van der Waals surface area contributed by atoms with Crippen LogP contribution in [0.3, 0.4) is 0 Å². The minimum Gasteiger partial charge on any atom is -0.247 e. The highest BCUT2D eigenvalue weighted by Gasteiger charge is 2.31. The van der Waals surface area contributed by atoms with E-state index in [1.54, 1.807) is 12.3 Å². The molecular formula is C18H17Cl2N3. The second kappa shape index (κ2) is 8.16. The molecule has 1 atom stereocenters. The van der Waals surface area contributed by atoms with Gasteiger partial charge in [0.2, 0.25) is 5.66 Å². The van der Waals surface area contributed by atoms with Crippen LogP contribution in [0.5, 0.6) is 0 Å². The van der Waals surface area contributed by atoms with E-state index in [9.17, 15) is 5.26 Å². The SMILES string of the molecule is C#CCCCCC1(C#N)N=CC(CCc2ccc(Cl)cc2Cl)=N1. The number of benzene rings is 1. The van der Waals surface area contributed by atoms with Gasteiger partial charge in [0.25, 0.3) is 0 Å². The number of hydrogen-bond donors (Lipinski definition) is 0. The Morgan fingerprint density at radius 2 is 2.04 bits per heavy atom. The first-order valence-electron chi connectivity index (χ1n) is 7.51. The van der Waals surface area contributed by atoms with Gasteiger partial charge < -0.3 is 0 Å². The normalized spacial score (nSPS) is 19.2. The molecule has 3 nitrogen and oxygen atoms in total. The van der Waals surface area contributed by atoms with E-state index in [0.29, 0.717) is 22.9 Å². The smallest absolute Gasteiger partial charge is 0.237 e. The Balaban J connectivity index is 1.95. The highest BCUT2D eigenvalue weighted by Crippen LogP contribution is 2.26. The van der Waals surface area contributed by atoms with Crippen molar-refractivity contribution in [2.24, 2.45) is 9.98 Å². The molecule has 1 aromatic carbocycles. The van der Waals surface area contributed by atoms with Crippen LogP contribution >= 0.6 is 23.2 Å². The molecule has 0 radical (unpaired) electrons. The number of aryl methyl sites for hydroxylation is 1. The number of halogens is 2. The molecule has 0 spiro atoms. The zero-order chi connectivity index (χ0) is 16.7. The van der Waals surface area contributed by atoms with Crippen LogP contribution in [0.15, 0.2) is 28.2 Å². The lowest BCUT2D eigenvalue weighted by Crippen LogP contribution is -2.19. The number of nitrogens with zero attached hydrogens (tertiary/aromatic N) is 3. The molecule has 2 rings (SSSR count). The van der Waals surface area contributed by atoms with Crippen molar-refractivity contribution >= 4 is 35.1 Å². The second-order valence-electron chi connectivity index (χ2n) is 5.44.